The van der Waals surface area contributed by atoms with E-state index in [1.807, 2.05) is 0 Å². The van der Waals surface area contributed by atoms with Crippen LogP contribution in [0.3, 0.4) is 0 Å². The van der Waals surface area contributed by atoms with Crippen LogP contribution in [0.5, 0.6) is 5.88 Å². The number of nitrogens with zero attached hydrogens (tertiary/aromatic N) is 2. The molecule has 0 fully saturated rings. The quantitative estimate of drug-likeness (QED) is 0.769. The minimum Gasteiger partial charge on any atom is -0.470 e. The molecule has 0 aromatic carbocycles. The first-order chi connectivity index (χ1) is 7.86. The standard InChI is InChI=1S/C10H8F4N2O/c1-6-2-3-7(4-15)8(16-6)17-5-10(13,14)9(11)12/h2-3,9H,5H2,1H3. The smallest absolute Gasteiger partial charge is 0.340 e. The fourth-order valence-corrected chi connectivity index (χ4v) is 0.956. The average molecular weight is 248 g/mol. The Morgan fingerprint density at radius 2 is 2.12 bits per heavy atom. The molecule has 1 rings (SSSR count). The van der Waals surface area contributed by atoms with Crippen LogP contribution in [0.2, 0.25) is 0 Å². The van der Waals surface area contributed by atoms with E-state index in [4.69, 9.17) is 5.26 Å². The third kappa shape index (κ3) is 3.31. The molecule has 7 heteroatoms. The molecule has 0 amide bonds. The Morgan fingerprint density at radius 1 is 1.47 bits per heavy atom. The van der Waals surface area contributed by atoms with Crippen LogP contribution in [0.15, 0.2) is 12.1 Å². The van der Waals surface area contributed by atoms with E-state index >= 15 is 0 Å². The Labute approximate surface area is 94.6 Å². The number of hydrogen-bond acceptors (Lipinski definition) is 3. The Morgan fingerprint density at radius 3 is 2.65 bits per heavy atom. The number of aryl methyl sites for hydroxylation is 1. The number of aromatic nitrogens is 1. The lowest BCUT2D eigenvalue weighted by molar-refractivity contribution is -0.148. The van der Waals surface area contributed by atoms with E-state index in [-0.39, 0.29) is 11.4 Å². The summed E-state index contributed by atoms with van der Waals surface area (Å²) in [7, 11) is 0. The van der Waals surface area contributed by atoms with Gasteiger partial charge in [0, 0.05) is 5.69 Å². The van der Waals surface area contributed by atoms with E-state index in [1.165, 1.54) is 12.1 Å². The molecule has 0 N–H and O–H groups in total. The van der Waals surface area contributed by atoms with Gasteiger partial charge in [-0.15, -0.1) is 0 Å². The lowest BCUT2D eigenvalue weighted by Crippen LogP contribution is -2.34. The van der Waals surface area contributed by atoms with E-state index in [9.17, 15) is 17.6 Å². The van der Waals surface area contributed by atoms with E-state index < -0.39 is 19.0 Å². The average Bonchev–Trinajstić information content (AvgIpc) is 2.26. The molecular weight excluding hydrogens is 240 g/mol. The Kier molecular flexibility index (Phi) is 3.89. The molecule has 1 aromatic heterocycles. The largest absolute Gasteiger partial charge is 0.470 e. The summed E-state index contributed by atoms with van der Waals surface area (Å²) in [6.45, 7) is 0.0368. The zero-order valence-electron chi connectivity index (χ0n) is 8.75. The molecule has 0 aliphatic carbocycles. The minimum atomic E-state index is -4.27. The molecule has 17 heavy (non-hydrogen) atoms. The number of alkyl halides is 4. The van der Waals surface area contributed by atoms with Crippen LogP contribution in [-0.4, -0.2) is 23.9 Å². The first-order valence-electron chi connectivity index (χ1n) is 4.53. The highest BCUT2D eigenvalue weighted by Crippen LogP contribution is 2.24. The molecule has 0 saturated heterocycles. The molecule has 0 aliphatic rings. The first-order valence-corrected chi connectivity index (χ1v) is 4.53. The topological polar surface area (TPSA) is 45.9 Å². The van der Waals surface area contributed by atoms with Crippen molar-refractivity contribution in [2.75, 3.05) is 6.61 Å². The Hall–Kier alpha value is -1.84. The van der Waals surface area contributed by atoms with Gasteiger partial charge in [0.2, 0.25) is 5.88 Å². The predicted octanol–water partition coefficient (Wildman–Crippen LogP) is 2.54. The van der Waals surface area contributed by atoms with Gasteiger partial charge in [-0.2, -0.15) is 14.0 Å². The van der Waals surface area contributed by atoms with Crippen LogP contribution in [-0.2, 0) is 0 Å². The van der Waals surface area contributed by atoms with Gasteiger partial charge in [0.15, 0.2) is 6.61 Å². The second-order valence-electron chi connectivity index (χ2n) is 3.27. The summed E-state index contributed by atoms with van der Waals surface area (Å²) in [5.74, 6) is -4.63. The summed E-state index contributed by atoms with van der Waals surface area (Å²) in [6.07, 6.45) is -3.82. The van der Waals surface area contributed by atoms with Crippen molar-refractivity contribution in [2.24, 2.45) is 0 Å². The summed E-state index contributed by atoms with van der Waals surface area (Å²) >= 11 is 0. The summed E-state index contributed by atoms with van der Waals surface area (Å²) < 4.78 is 53.4. The van der Waals surface area contributed by atoms with Crippen LogP contribution in [0.4, 0.5) is 17.6 Å². The molecule has 0 saturated carbocycles. The number of halogens is 4. The van der Waals surface area contributed by atoms with Crippen molar-refractivity contribution < 1.29 is 22.3 Å². The summed E-state index contributed by atoms with van der Waals surface area (Å²) in [6, 6.07) is 4.47. The molecule has 0 unspecified atom stereocenters. The van der Waals surface area contributed by atoms with Gasteiger partial charge in [0.25, 0.3) is 0 Å². The number of nitriles is 1. The number of ether oxygens (including phenoxy) is 1. The van der Waals surface area contributed by atoms with E-state index in [1.54, 1.807) is 13.0 Å². The van der Waals surface area contributed by atoms with Crippen LogP contribution < -0.4 is 4.74 Å². The van der Waals surface area contributed by atoms with Crippen molar-refractivity contribution in [2.45, 2.75) is 19.3 Å². The third-order valence-corrected chi connectivity index (χ3v) is 1.84. The maximum Gasteiger partial charge on any atom is 0.340 e. The van der Waals surface area contributed by atoms with Crippen LogP contribution in [0, 0.1) is 18.3 Å². The van der Waals surface area contributed by atoms with E-state index in [2.05, 4.69) is 9.72 Å². The van der Waals surface area contributed by atoms with Crippen molar-refractivity contribution in [1.82, 2.24) is 4.98 Å². The molecule has 1 heterocycles. The summed E-state index contributed by atoms with van der Waals surface area (Å²) in [4.78, 5) is 3.68. The van der Waals surface area contributed by atoms with Gasteiger partial charge in [-0.1, -0.05) is 0 Å². The molecule has 92 valence electrons. The lowest BCUT2D eigenvalue weighted by Gasteiger charge is -2.15. The normalized spacial score (nSPS) is 11.4. The highest BCUT2D eigenvalue weighted by atomic mass is 19.3. The predicted molar refractivity (Wildman–Crippen MR) is 50.1 cm³/mol. The number of pyridine rings is 1. The van der Waals surface area contributed by atoms with Gasteiger partial charge in [0.05, 0.1) is 0 Å². The third-order valence-electron chi connectivity index (χ3n) is 1.84. The zero-order valence-corrected chi connectivity index (χ0v) is 8.75. The highest BCUT2D eigenvalue weighted by molar-refractivity contribution is 5.38. The fourth-order valence-electron chi connectivity index (χ4n) is 0.956. The van der Waals surface area contributed by atoms with Crippen LogP contribution in [0.25, 0.3) is 0 Å². The van der Waals surface area contributed by atoms with Gasteiger partial charge in [0.1, 0.15) is 11.6 Å². The fraction of sp³-hybridized carbons (Fsp3) is 0.400. The van der Waals surface area contributed by atoms with Gasteiger partial charge < -0.3 is 4.74 Å². The molecular formula is C10H8F4N2O. The van der Waals surface area contributed by atoms with Crippen molar-refractivity contribution in [3.63, 3.8) is 0 Å². The lowest BCUT2D eigenvalue weighted by atomic mass is 10.2. The van der Waals surface area contributed by atoms with Crippen molar-refractivity contribution in [3.8, 4) is 11.9 Å². The van der Waals surface area contributed by atoms with Crippen LogP contribution >= 0.6 is 0 Å². The zero-order chi connectivity index (χ0) is 13.1. The second-order valence-corrected chi connectivity index (χ2v) is 3.27. The molecule has 0 radical (unpaired) electrons. The number of rotatable bonds is 4. The van der Waals surface area contributed by atoms with Crippen molar-refractivity contribution in [3.05, 3.63) is 23.4 Å². The van der Waals surface area contributed by atoms with Gasteiger partial charge in [-0.3, -0.25) is 0 Å². The first kappa shape index (κ1) is 13.2. The molecule has 3 nitrogen and oxygen atoms in total. The van der Waals surface area contributed by atoms with Crippen molar-refractivity contribution in [1.29, 1.82) is 5.26 Å². The summed E-state index contributed by atoms with van der Waals surface area (Å²) in [5, 5.41) is 8.64. The van der Waals surface area contributed by atoms with E-state index in [0.29, 0.717) is 5.69 Å². The maximum atomic E-state index is 12.6. The van der Waals surface area contributed by atoms with Gasteiger partial charge in [-0.25, -0.2) is 13.8 Å². The second kappa shape index (κ2) is 4.99. The SMILES string of the molecule is Cc1ccc(C#N)c(OCC(F)(F)C(F)F)n1. The van der Waals surface area contributed by atoms with Gasteiger partial charge in [-0.05, 0) is 19.1 Å². The van der Waals surface area contributed by atoms with Crippen molar-refractivity contribution >= 4 is 0 Å². The molecule has 0 aliphatic heterocycles. The summed E-state index contributed by atoms with van der Waals surface area (Å²) in [5.41, 5.74) is 0.347. The molecule has 0 bridgehead atoms. The van der Waals surface area contributed by atoms with Crippen LogP contribution in [0.1, 0.15) is 11.3 Å². The van der Waals surface area contributed by atoms with E-state index in [0.717, 1.165) is 0 Å². The number of hydrogen-bond donors (Lipinski definition) is 0. The maximum absolute atomic E-state index is 12.6. The monoisotopic (exact) mass is 248 g/mol. The Balaban J connectivity index is 2.83. The minimum absolute atomic E-state index is 0.0827. The van der Waals surface area contributed by atoms with Gasteiger partial charge >= 0.3 is 12.3 Å². The molecule has 0 spiro atoms. The molecule has 0 atom stereocenters. The Bertz CT molecular complexity index is 442. The molecule has 1 aromatic rings. The highest BCUT2D eigenvalue weighted by Gasteiger charge is 2.42.